The molecule has 1 aromatic carbocycles. The second-order valence-electron chi connectivity index (χ2n) is 2.97. The molecule has 3 N–H and O–H groups in total. The average Bonchev–Trinajstić information content (AvgIpc) is 2.25. The number of hydrogen-bond acceptors (Lipinski definition) is 4. The molecule has 1 rings (SSSR count). The van der Waals surface area contributed by atoms with Crippen molar-refractivity contribution in [3.05, 3.63) is 38.9 Å². The minimum Gasteiger partial charge on any atom is -0.351 e. The van der Waals surface area contributed by atoms with Gasteiger partial charge in [0.05, 0.1) is 4.92 Å². The standard InChI is InChI=1S/C9H10ClN3O3/c10-7-5-6(9(14)12-4-3-11)1-2-8(7)13(15)16/h1-2,5H,3-4,11H2,(H,12,14). The van der Waals surface area contributed by atoms with E-state index in [0.29, 0.717) is 13.1 Å². The number of nitrogens with two attached hydrogens (primary N) is 1. The highest BCUT2D eigenvalue weighted by molar-refractivity contribution is 6.33. The number of nitro benzene ring substituents is 1. The van der Waals surface area contributed by atoms with Gasteiger partial charge in [0, 0.05) is 24.7 Å². The van der Waals surface area contributed by atoms with Crippen LogP contribution in [0.15, 0.2) is 18.2 Å². The van der Waals surface area contributed by atoms with Gasteiger partial charge in [0.25, 0.3) is 11.6 Å². The molecule has 0 aliphatic carbocycles. The van der Waals surface area contributed by atoms with Crippen LogP contribution >= 0.6 is 11.6 Å². The summed E-state index contributed by atoms with van der Waals surface area (Å²) in [5.41, 5.74) is 5.26. The van der Waals surface area contributed by atoms with Crippen LogP contribution in [0.3, 0.4) is 0 Å². The number of benzene rings is 1. The van der Waals surface area contributed by atoms with E-state index in [1.165, 1.54) is 18.2 Å². The SMILES string of the molecule is NCCNC(=O)c1ccc([N+](=O)[O-])c(Cl)c1. The van der Waals surface area contributed by atoms with E-state index in [4.69, 9.17) is 17.3 Å². The molecule has 0 radical (unpaired) electrons. The van der Waals surface area contributed by atoms with Crippen LogP contribution in [-0.2, 0) is 0 Å². The van der Waals surface area contributed by atoms with Gasteiger partial charge in [-0.15, -0.1) is 0 Å². The Morgan fingerprint density at radius 3 is 2.75 bits per heavy atom. The summed E-state index contributed by atoms with van der Waals surface area (Å²) >= 11 is 5.66. The third kappa shape index (κ3) is 2.91. The number of carbonyl (C=O) groups is 1. The molecule has 0 unspecified atom stereocenters. The Hall–Kier alpha value is -1.66. The van der Waals surface area contributed by atoms with Gasteiger partial charge in [-0.1, -0.05) is 11.6 Å². The van der Waals surface area contributed by atoms with Gasteiger partial charge < -0.3 is 11.1 Å². The van der Waals surface area contributed by atoms with Crippen LogP contribution in [0, 0.1) is 10.1 Å². The molecular weight excluding hydrogens is 234 g/mol. The molecule has 7 heteroatoms. The van der Waals surface area contributed by atoms with Crippen molar-refractivity contribution in [2.45, 2.75) is 0 Å². The van der Waals surface area contributed by atoms with Crippen LogP contribution in [0.4, 0.5) is 5.69 Å². The first-order valence-electron chi connectivity index (χ1n) is 4.48. The second-order valence-corrected chi connectivity index (χ2v) is 3.38. The summed E-state index contributed by atoms with van der Waals surface area (Å²) in [6, 6.07) is 3.79. The fourth-order valence-corrected chi connectivity index (χ4v) is 1.33. The number of rotatable bonds is 4. The molecule has 0 bridgehead atoms. The van der Waals surface area contributed by atoms with E-state index in [1.807, 2.05) is 0 Å². The van der Waals surface area contributed by atoms with Crippen molar-refractivity contribution in [1.82, 2.24) is 5.32 Å². The number of nitrogens with one attached hydrogen (secondary N) is 1. The van der Waals surface area contributed by atoms with E-state index in [9.17, 15) is 14.9 Å². The van der Waals surface area contributed by atoms with Crippen LogP contribution in [0.1, 0.15) is 10.4 Å². The summed E-state index contributed by atoms with van der Waals surface area (Å²) in [7, 11) is 0. The quantitative estimate of drug-likeness (QED) is 0.607. The van der Waals surface area contributed by atoms with Crippen LogP contribution in [0.25, 0.3) is 0 Å². The molecular formula is C9H10ClN3O3. The van der Waals surface area contributed by atoms with Gasteiger partial charge in [-0.25, -0.2) is 0 Å². The molecule has 0 atom stereocenters. The highest BCUT2D eigenvalue weighted by Gasteiger charge is 2.14. The molecule has 0 aliphatic heterocycles. The van der Waals surface area contributed by atoms with Crippen molar-refractivity contribution in [2.75, 3.05) is 13.1 Å². The third-order valence-electron chi connectivity index (χ3n) is 1.84. The fraction of sp³-hybridized carbons (Fsp3) is 0.222. The maximum Gasteiger partial charge on any atom is 0.287 e. The van der Waals surface area contributed by atoms with Crippen molar-refractivity contribution >= 4 is 23.2 Å². The summed E-state index contributed by atoms with van der Waals surface area (Å²) in [6.45, 7) is 0.667. The maximum atomic E-state index is 11.4. The molecule has 1 aromatic rings. The number of nitrogens with zero attached hydrogens (tertiary/aromatic N) is 1. The minimum absolute atomic E-state index is 0.0644. The molecule has 0 heterocycles. The zero-order valence-corrected chi connectivity index (χ0v) is 9.03. The van der Waals surface area contributed by atoms with Crippen LogP contribution in [0.5, 0.6) is 0 Å². The Bertz CT molecular complexity index is 422. The number of carbonyl (C=O) groups excluding carboxylic acids is 1. The van der Waals surface area contributed by atoms with Gasteiger partial charge in [0.2, 0.25) is 0 Å². The molecule has 1 amide bonds. The largest absolute Gasteiger partial charge is 0.351 e. The summed E-state index contributed by atoms with van der Waals surface area (Å²) in [5.74, 6) is -0.359. The Morgan fingerprint density at radius 1 is 1.56 bits per heavy atom. The van der Waals surface area contributed by atoms with Crippen molar-refractivity contribution < 1.29 is 9.72 Å². The Labute approximate surface area is 96.5 Å². The molecule has 16 heavy (non-hydrogen) atoms. The first kappa shape index (κ1) is 12.4. The zero-order chi connectivity index (χ0) is 12.1. The van der Waals surface area contributed by atoms with Crippen LogP contribution in [-0.4, -0.2) is 23.9 Å². The van der Waals surface area contributed by atoms with Crippen molar-refractivity contribution in [2.24, 2.45) is 5.73 Å². The zero-order valence-electron chi connectivity index (χ0n) is 8.27. The average molecular weight is 244 g/mol. The van der Waals surface area contributed by atoms with Crippen molar-refractivity contribution in [3.63, 3.8) is 0 Å². The third-order valence-corrected chi connectivity index (χ3v) is 2.14. The number of halogens is 1. The maximum absolute atomic E-state index is 11.4. The second kappa shape index (κ2) is 5.43. The fourth-order valence-electron chi connectivity index (χ4n) is 1.08. The van der Waals surface area contributed by atoms with Gasteiger partial charge in [-0.05, 0) is 12.1 Å². The predicted octanol–water partition coefficient (Wildman–Crippen LogP) is 0.937. The van der Waals surface area contributed by atoms with Gasteiger partial charge in [-0.3, -0.25) is 14.9 Å². The predicted molar refractivity (Wildman–Crippen MR) is 59.5 cm³/mol. The highest BCUT2D eigenvalue weighted by atomic mass is 35.5. The van der Waals surface area contributed by atoms with E-state index in [2.05, 4.69) is 5.32 Å². The molecule has 0 aromatic heterocycles. The molecule has 0 spiro atoms. The molecule has 0 saturated carbocycles. The summed E-state index contributed by atoms with van der Waals surface area (Å²) in [6.07, 6.45) is 0. The van der Waals surface area contributed by atoms with Gasteiger partial charge in [-0.2, -0.15) is 0 Å². The first-order chi connectivity index (χ1) is 7.56. The Balaban J connectivity index is 2.88. The Morgan fingerprint density at radius 2 is 2.25 bits per heavy atom. The summed E-state index contributed by atoms with van der Waals surface area (Å²) in [5, 5.41) is 12.9. The van der Waals surface area contributed by atoms with Crippen LogP contribution < -0.4 is 11.1 Å². The molecule has 0 saturated heterocycles. The smallest absolute Gasteiger partial charge is 0.287 e. The lowest BCUT2D eigenvalue weighted by Gasteiger charge is -2.03. The highest BCUT2D eigenvalue weighted by Crippen LogP contribution is 2.24. The van der Waals surface area contributed by atoms with Crippen molar-refractivity contribution in [1.29, 1.82) is 0 Å². The summed E-state index contributed by atoms with van der Waals surface area (Å²) in [4.78, 5) is 21.3. The van der Waals surface area contributed by atoms with Gasteiger partial charge in [0.15, 0.2) is 0 Å². The molecule has 6 nitrogen and oxygen atoms in total. The van der Waals surface area contributed by atoms with Crippen LogP contribution in [0.2, 0.25) is 5.02 Å². The number of nitro groups is 1. The Kier molecular flexibility index (Phi) is 4.21. The first-order valence-corrected chi connectivity index (χ1v) is 4.86. The van der Waals surface area contributed by atoms with E-state index < -0.39 is 4.92 Å². The topological polar surface area (TPSA) is 98.3 Å². The van der Waals surface area contributed by atoms with E-state index in [1.54, 1.807) is 0 Å². The lowest BCUT2D eigenvalue weighted by Crippen LogP contribution is -2.28. The van der Waals surface area contributed by atoms with E-state index >= 15 is 0 Å². The van der Waals surface area contributed by atoms with Gasteiger partial charge in [0.1, 0.15) is 5.02 Å². The normalized spacial score (nSPS) is 9.88. The van der Waals surface area contributed by atoms with Gasteiger partial charge >= 0.3 is 0 Å². The van der Waals surface area contributed by atoms with E-state index in [-0.39, 0.29) is 22.2 Å². The molecule has 0 aliphatic rings. The van der Waals surface area contributed by atoms with E-state index in [0.717, 1.165) is 0 Å². The molecule has 86 valence electrons. The number of hydrogen-bond donors (Lipinski definition) is 2. The monoisotopic (exact) mass is 243 g/mol. The molecule has 0 fully saturated rings. The lowest BCUT2D eigenvalue weighted by molar-refractivity contribution is -0.384. The number of amides is 1. The lowest BCUT2D eigenvalue weighted by atomic mass is 10.2. The summed E-state index contributed by atoms with van der Waals surface area (Å²) < 4.78 is 0. The van der Waals surface area contributed by atoms with Crippen molar-refractivity contribution in [3.8, 4) is 0 Å². The minimum atomic E-state index is -0.607.